The van der Waals surface area contributed by atoms with E-state index in [1.165, 1.54) is 77.4 Å². The fourth-order valence-corrected chi connectivity index (χ4v) is 3.41. The number of hydrogen-bond acceptors (Lipinski definition) is 2. The van der Waals surface area contributed by atoms with Crippen LogP contribution >= 0.6 is 0 Å². The first-order valence-electron chi connectivity index (χ1n) is 7.26. The molecule has 0 radical (unpaired) electrons. The molecule has 0 spiro atoms. The van der Waals surface area contributed by atoms with Gasteiger partial charge in [0.15, 0.2) is 0 Å². The first kappa shape index (κ1) is 12.4. The predicted octanol–water partition coefficient (Wildman–Crippen LogP) is 2.78. The van der Waals surface area contributed by atoms with Crippen molar-refractivity contribution in [3.63, 3.8) is 0 Å². The fourth-order valence-electron chi connectivity index (χ4n) is 3.41. The van der Waals surface area contributed by atoms with E-state index in [4.69, 9.17) is 0 Å². The highest BCUT2D eigenvalue weighted by Gasteiger charge is 2.30. The van der Waals surface area contributed by atoms with Crippen LogP contribution in [0.15, 0.2) is 0 Å². The van der Waals surface area contributed by atoms with Crippen LogP contribution in [-0.4, -0.2) is 37.1 Å². The predicted molar refractivity (Wildman–Crippen MR) is 69.8 cm³/mol. The van der Waals surface area contributed by atoms with Gasteiger partial charge < -0.3 is 10.2 Å². The van der Waals surface area contributed by atoms with Crippen molar-refractivity contribution in [2.45, 2.75) is 63.3 Å². The Morgan fingerprint density at radius 3 is 2.19 bits per heavy atom. The topological polar surface area (TPSA) is 15.3 Å². The second-order valence-corrected chi connectivity index (χ2v) is 5.74. The third-order valence-electron chi connectivity index (χ3n) is 4.70. The van der Waals surface area contributed by atoms with Crippen molar-refractivity contribution >= 4 is 0 Å². The first-order chi connectivity index (χ1) is 7.85. The number of hydrogen-bond donors (Lipinski definition) is 1. The fraction of sp³-hybridized carbons (Fsp3) is 1.00. The summed E-state index contributed by atoms with van der Waals surface area (Å²) in [7, 11) is 2.17. The summed E-state index contributed by atoms with van der Waals surface area (Å²) in [5.41, 5.74) is 0.482. The lowest BCUT2D eigenvalue weighted by molar-refractivity contribution is 0.166. The third kappa shape index (κ3) is 3.21. The molecule has 0 atom stereocenters. The minimum atomic E-state index is 0.482. The summed E-state index contributed by atoms with van der Waals surface area (Å²) in [5, 5.41) is 3.63. The van der Waals surface area contributed by atoms with E-state index in [-0.39, 0.29) is 0 Å². The Morgan fingerprint density at radius 1 is 0.938 bits per heavy atom. The molecule has 1 aliphatic heterocycles. The molecule has 1 saturated carbocycles. The lowest BCUT2D eigenvalue weighted by atomic mass is 9.79. The summed E-state index contributed by atoms with van der Waals surface area (Å²) >= 11 is 0. The Hall–Kier alpha value is -0.0800. The van der Waals surface area contributed by atoms with E-state index in [2.05, 4.69) is 17.3 Å². The maximum atomic E-state index is 3.63. The van der Waals surface area contributed by atoms with Gasteiger partial charge in [0.2, 0.25) is 0 Å². The van der Waals surface area contributed by atoms with Crippen LogP contribution in [0.2, 0.25) is 0 Å². The highest BCUT2D eigenvalue weighted by molar-refractivity contribution is 4.90. The molecule has 1 saturated heterocycles. The van der Waals surface area contributed by atoms with Gasteiger partial charge in [0.05, 0.1) is 0 Å². The number of nitrogens with zero attached hydrogens (tertiary/aromatic N) is 1. The van der Waals surface area contributed by atoms with Crippen molar-refractivity contribution in [3.05, 3.63) is 0 Å². The second kappa shape index (κ2) is 6.02. The summed E-state index contributed by atoms with van der Waals surface area (Å²) < 4.78 is 0. The molecule has 0 amide bonds. The van der Waals surface area contributed by atoms with E-state index in [0.717, 1.165) is 0 Å². The van der Waals surface area contributed by atoms with Crippen molar-refractivity contribution in [2.24, 2.45) is 0 Å². The van der Waals surface area contributed by atoms with Crippen LogP contribution in [0.1, 0.15) is 57.8 Å². The van der Waals surface area contributed by atoms with Gasteiger partial charge in [-0.2, -0.15) is 0 Å². The largest absolute Gasteiger partial charge is 0.314 e. The van der Waals surface area contributed by atoms with E-state index >= 15 is 0 Å². The molecule has 0 bridgehead atoms. The first-order valence-corrected chi connectivity index (χ1v) is 7.26. The normalized spacial score (nSPS) is 26.8. The SMILES string of the molecule is CNC1(CCN2CCCCC2)CCCCC1. The molecule has 2 heteroatoms. The summed E-state index contributed by atoms with van der Waals surface area (Å²) in [4.78, 5) is 2.68. The van der Waals surface area contributed by atoms with E-state index < -0.39 is 0 Å². The maximum Gasteiger partial charge on any atom is 0.0190 e. The molecule has 0 aromatic rings. The summed E-state index contributed by atoms with van der Waals surface area (Å²) in [6.07, 6.45) is 12.8. The molecule has 94 valence electrons. The van der Waals surface area contributed by atoms with E-state index in [1.54, 1.807) is 0 Å². The molecule has 2 nitrogen and oxygen atoms in total. The summed E-state index contributed by atoms with van der Waals surface area (Å²) in [6, 6.07) is 0. The molecular formula is C14H28N2. The molecule has 0 aromatic heterocycles. The van der Waals surface area contributed by atoms with Crippen LogP contribution in [0.25, 0.3) is 0 Å². The van der Waals surface area contributed by atoms with Gasteiger partial charge in [0.1, 0.15) is 0 Å². The van der Waals surface area contributed by atoms with E-state index in [1.807, 2.05) is 0 Å². The van der Waals surface area contributed by atoms with Crippen LogP contribution in [0.4, 0.5) is 0 Å². The Morgan fingerprint density at radius 2 is 1.56 bits per heavy atom. The minimum absolute atomic E-state index is 0.482. The molecule has 0 unspecified atom stereocenters. The molecule has 1 heterocycles. The maximum absolute atomic E-state index is 3.63. The van der Waals surface area contributed by atoms with Gasteiger partial charge in [0.25, 0.3) is 0 Å². The Labute approximate surface area is 101 Å². The minimum Gasteiger partial charge on any atom is -0.314 e. The Balaban J connectivity index is 1.77. The monoisotopic (exact) mass is 224 g/mol. The van der Waals surface area contributed by atoms with Gasteiger partial charge >= 0.3 is 0 Å². The average molecular weight is 224 g/mol. The van der Waals surface area contributed by atoms with Gasteiger partial charge in [-0.1, -0.05) is 25.7 Å². The third-order valence-corrected chi connectivity index (χ3v) is 4.70. The number of piperidine rings is 1. The van der Waals surface area contributed by atoms with Gasteiger partial charge in [-0.15, -0.1) is 0 Å². The van der Waals surface area contributed by atoms with Crippen molar-refractivity contribution < 1.29 is 0 Å². The summed E-state index contributed by atoms with van der Waals surface area (Å²) in [5.74, 6) is 0. The van der Waals surface area contributed by atoms with E-state index in [9.17, 15) is 0 Å². The lowest BCUT2D eigenvalue weighted by Crippen LogP contribution is -2.47. The van der Waals surface area contributed by atoms with Crippen molar-refractivity contribution in [2.75, 3.05) is 26.7 Å². The average Bonchev–Trinajstić information content (AvgIpc) is 2.39. The molecule has 2 rings (SSSR count). The zero-order valence-corrected chi connectivity index (χ0v) is 10.9. The van der Waals surface area contributed by atoms with Crippen molar-refractivity contribution in [1.82, 2.24) is 10.2 Å². The van der Waals surface area contributed by atoms with Crippen molar-refractivity contribution in [3.8, 4) is 0 Å². The molecular weight excluding hydrogens is 196 g/mol. The quantitative estimate of drug-likeness (QED) is 0.790. The number of nitrogens with one attached hydrogen (secondary N) is 1. The highest BCUT2D eigenvalue weighted by atomic mass is 15.1. The van der Waals surface area contributed by atoms with Gasteiger partial charge in [-0.25, -0.2) is 0 Å². The zero-order valence-electron chi connectivity index (χ0n) is 10.9. The zero-order chi connectivity index (χ0) is 11.3. The molecule has 1 N–H and O–H groups in total. The van der Waals surface area contributed by atoms with E-state index in [0.29, 0.717) is 5.54 Å². The van der Waals surface area contributed by atoms with Crippen LogP contribution < -0.4 is 5.32 Å². The molecule has 16 heavy (non-hydrogen) atoms. The van der Waals surface area contributed by atoms with Crippen LogP contribution in [0, 0.1) is 0 Å². The summed E-state index contributed by atoms with van der Waals surface area (Å²) in [6.45, 7) is 4.01. The van der Waals surface area contributed by atoms with Gasteiger partial charge in [0, 0.05) is 5.54 Å². The smallest absolute Gasteiger partial charge is 0.0190 e. The Bertz CT molecular complexity index is 191. The second-order valence-electron chi connectivity index (χ2n) is 5.74. The van der Waals surface area contributed by atoms with Crippen LogP contribution in [0.3, 0.4) is 0 Å². The van der Waals surface area contributed by atoms with Gasteiger partial charge in [-0.05, 0) is 58.8 Å². The standard InChI is InChI=1S/C14H28N2/c1-15-14(8-4-2-5-9-14)10-13-16-11-6-3-7-12-16/h15H,2-13H2,1H3. The van der Waals surface area contributed by atoms with Crippen molar-refractivity contribution in [1.29, 1.82) is 0 Å². The number of rotatable bonds is 4. The number of likely N-dealkylation sites (tertiary alicyclic amines) is 1. The van der Waals surface area contributed by atoms with Crippen LogP contribution in [-0.2, 0) is 0 Å². The molecule has 2 aliphatic rings. The molecule has 1 aliphatic carbocycles. The lowest BCUT2D eigenvalue weighted by Gasteiger charge is -2.39. The molecule has 2 fully saturated rings. The van der Waals surface area contributed by atoms with Gasteiger partial charge in [-0.3, -0.25) is 0 Å². The highest BCUT2D eigenvalue weighted by Crippen LogP contribution is 2.31. The van der Waals surface area contributed by atoms with Crippen LogP contribution in [0.5, 0.6) is 0 Å². The molecule has 0 aromatic carbocycles. The Kier molecular flexibility index (Phi) is 4.66.